The summed E-state index contributed by atoms with van der Waals surface area (Å²) < 4.78 is 5.85. The number of rotatable bonds is 3. The molecule has 0 amide bonds. The van der Waals surface area contributed by atoms with E-state index < -0.39 is 0 Å². The minimum absolute atomic E-state index is 0.600. The molecule has 2 aromatic heterocycles. The monoisotopic (exact) mass is 223 g/mol. The highest BCUT2D eigenvalue weighted by Crippen LogP contribution is 2.25. The molecule has 0 fully saturated rings. The maximum absolute atomic E-state index is 5.65. The molecule has 0 saturated carbocycles. The van der Waals surface area contributed by atoms with Crippen LogP contribution >= 0.6 is 11.5 Å². The van der Waals surface area contributed by atoms with Crippen LogP contribution in [-0.4, -0.2) is 14.2 Å². The number of nitrogens with zero attached hydrogens (tertiary/aromatic N) is 3. The van der Waals surface area contributed by atoms with Gasteiger partial charge < -0.3 is 11.1 Å². The van der Waals surface area contributed by atoms with Crippen molar-refractivity contribution < 1.29 is 0 Å². The SMILES string of the molecule is Cc1c(N)nsc1NCc1ccn(C)n1. The van der Waals surface area contributed by atoms with Gasteiger partial charge in [0.15, 0.2) is 0 Å². The Bertz CT molecular complexity index is 459. The van der Waals surface area contributed by atoms with Crippen LogP contribution in [0.2, 0.25) is 0 Å². The van der Waals surface area contributed by atoms with E-state index in [2.05, 4.69) is 14.8 Å². The van der Waals surface area contributed by atoms with E-state index in [4.69, 9.17) is 5.73 Å². The van der Waals surface area contributed by atoms with E-state index in [0.717, 1.165) is 16.3 Å². The lowest BCUT2D eigenvalue weighted by atomic mass is 10.3. The lowest BCUT2D eigenvalue weighted by Crippen LogP contribution is -2.01. The average Bonchev–Trinajstić information content (AvgIpc) is 2.74. The van der Waals surface area contributed by atoms with Gasteiger partial charge in [-0.2, -0.15) is 9.47 Å². The molecule has 0 spiro atoms. The Morgan fingerprint density at radius 3 is 2.93 bits per heavy atom. The number of nitrogens with one attached hydrogen (secondary N) is 1. The molecule has 0 atom stereocenters. The highest BCUT2D eigenvalue weighted by Gasteiger charge is 2.06. The molecule has 0 unspecified atom stereocenters. The van der Waals surface area contributed by atoms with Crippen LogP contribution < -0.4 is 11.1 Å². The summed E-state index contributed by atoms with van der Waals surface area (Å²) in [5.41, 5.74) is 7.67. The molecule has 6 heteroatoms. The van der Waals surface area contributed by atoms with Crippen molar-refractivity contribution in [3.8, 4) is 0 Å². The molecule has 15 heavy (non-hydrogen) atoms. The summed E-state index contributed by atoms with van der Waals surface area (Å²) in [6.07, 6.45) is 1.92. The molecule has 2 rings (SSSR count). The Labute approximate surface area is 92.1 Å². The van der Waals surface area contributed by atoms with E-state index in [-0.39, 0.29) is 0 Å². The van der Waals surface area contributed by atoms with Crippen LogP contribution in [-0.2, 0) is 13.6 Å². The Hall–Kier alpha value is -1.56. The van der Waals surface area contributed by atoms with Crippen molar-refractivity contribution in [1.29, 1.82) is 0 Å². The first kappa shape index (κ1) is 9.97. The van der Waals surface area contributed by atoms with Gasteiger partial charge in [-0.15, -0.1) is 0 Å². The molecule has 0 aliphatic rings. The molecule has 3 N–H and O–H groups in total. The minimum atomic E-state index is 0.600. The number of aryl methyl sites for hydroxylation is 1. The highest BCUT2D eigenvalue weighted by atomic mass is 32.1. The van der Waals surface area contributed by atoms with Crippen molar-refractivity contribution in [2.45, 2.75) is 13.5 Å². The zero-order chi connectivity index (χ0) is 10.8. The molecule has 80 valence electrons. The first-order valence-electron chi connectivity index (χ1n) is 4.61. The molecule has 0 aliphatic carbocycles. The number of hydrogen-bond acceptors (Lipinski definition) is 5. The molecule has 0 saturated heterocycles. The predicted octanol–water partition coefficient (Wildman–Crippen LogP) is 1.38. The summed E-state index contributed by atoms with van der Waals surface area (Å²) in [5.74, 6) is 0.600. The summed E-state index contributed by atoms with van der Waals surface area (Å²) >= 11 is 1.38. The van der Waals surface area contributed by atoms with Gasteiger partial charge in [-0.25, -0.2) is 0 Å². The number of aromatic nitrogens is 3. The zero-order valence-electron chi connectivity index (χ0n) is 8.69. The van der Waals surface area contributed by atoms with Gasteiger partial charge in [-0.1, -0.05) is 0 Å². The fourth-order valence-corrected chi connectivity index (χ4v) is 1.95. The average molecular weight is 223 g/mol. The second-order valence-electron chi connectivity index (χ2n) is 3.36. The van der Waals surface area contributed by atoms with Gasteiger partial charge in [0.05, 0.1) is 12.2 Å². The maximum atomic E-state index is 5.65. The predicted molar refractivity (Wildman–Crippen MR) is 61.8 cm³/mol. The van der Waals surface area contributed by atoms with Crippen molar-refractivity contribution in [3.63, 3.8) is 0 Å². The van der Waals surface area contributed by atoms with Gasteiger partial charge in [0.2, 0.25) is 0 Å². The third-order valence-electron chi connectivity index (χ3n) is 2.16. The first-order chi connectivity index (χ1) is 7.16. The topological polar surface area (TPSA) is 68.8 Å². The molecule has 2 aromatic rings. The van der Waals surface area contributed by atoms with Gasteiger partial charge in [-0.3, -0.25) is 4.68 Å². The largest absolute Gasteiger partial charge is 0.383 e. The van der Waals surface area contributed by atoms with Gasteiger partial charge in [0.1, 0.15) is 10.8 Å². The second-order valence-corrected chi connectivity index (χ2v) is 4.13. The van der Waals surface area contributed by atoms with Gasteiger partial charge in [-0.05, 0) is 24.5 Å². The fourth-order valence-electron chi connectivity index (χ4n) is 1.24. The third-order valence-corrected chi connectivity index (χ3v) is 3.08. The zero-order valence-corrected chi connectivity index (χ0v) is 9.51. The van der Waals surface area contributed by atoms with Gasteiger partial charge >= 0.3 is 0 Å². The van der Waals surface area contributed by atoms with Crippen LogP contribution in [0.5, 0.6) is 0 Å². The molecule has 0 aromatic carbocycles. The number of nitrogens with two attached hydrogens (primary N) is 1. The summed E-state index contributed by atoms with van der Waals surface area (Å²) in [7, 11) is 1.90. The number of hydrogen-bond donors (Lipinski definition) is 2. The van der Waals surface area contributed by atoms with Crippen LogP contribution in [0.3, 0.4) is 0 Å². The van der Waals surface area contributed by atoms with E-state index in [1.165, 1.54) is 11.5 Å². The van der Waals surface area contributed by atoms with E-state index in [9.17, 15) is 0 Å². The Morgan fingerprint density at radius 1 is 1.60 bits per heavy atom. The molecular weight excluding hydrogens is 210 g/mol. The van der Waals surface area contributed by atoms with Crippen LogP contribution in [0.1, 0.15) is 11.3 Å². The molecule has 0 bridgehead atoms. The van der Waals surface area contributed by atoms with Gasteiger partial charge in [0, 0.05) is 18.8 Å². The van der Waals surface area contributed by atoms with Crippen molar-refractivity contribution in [3.05, 3.63) is 23.5 Å². The first-order valence-corrected chi connectivity index (χ1v) is 5.38. The third kappa shape index (κ3) is 2.10. The molecule has 5 nitrogen and oxygen atoms in total. The normalized spacial score (nSPS) is 10.5. The van der Waals surface area contributed by atoms with Crippen molar-refractivity contribution in [2.75, 3.05) is 11.1 Å². The molecule has 0 radical (unpaired) electrons. The Kier molecular flexibility index (Phi) is 2.59. The van der Waals surface area contributed by atoms with Crippen LogP contribution in [0, 0.1) is 6.92 Å². The van der Waals surface area contributed by atoms with Crippen molar-refractivity contribution in [1.82, 2.24) is 14.2 Å². The van der Waals surface area contributed by atoms with E-state index in [0.29, 0.717) is 12.4 Å². The second kappa shape index (κ2) is 3.90. The van der Waals surface area contributed by atoms with E-state index >= 15 is 0 Å². The smallest absolute Gasteiger partial charge is 0.142 e. The summed E-state index contributed by atoms with van der Waals surface area (Å²) in [5, 5.41) is 8.55. The Balaban J connectivity index is 2.02. The Morgan fingerprint density at radius 2 is 2.40 bits per heavy atom. The minimum Gasteiger partial charge on any atom is -0.383 e. The lowest BCUT2D eigenvalue weighted by molar-refractivity contribution is 0.747. The van der Waals surface area contributed by atoms with Crippen LogP contribution in [0.4, 0.5) is 10.8 Å². The lowest BCUT2D eigenvalue weighted by Gasteiger charge is -2.01. The maximum Gasteiger partial charge on any atom is 0.142 e. The summed E-state index contributed by atoms with van der Waals surface area (Å²) in [6, 6.07) is 1.98. The van der Waals surface area contributed by atoms with Crippen LogP contribution in [0.15, 0.2) is 12.3 Å². The van der Waals surface area contributed by atoms with Gasteiger partial charge in [0.25, 0.3) is 0 Å². The molecular formula is C9H13N5S. The number of anilines is 2. The van der Waals surface area contributed by atoms with E-state index in [1.807, 2.05) is 26.2 Å². The molecule has 0 aliphatic heterocycles. The highest BCUT2D eigenvalue weighted by molar-refractivity contribution is 7.10. The fraction of sp³-hybridized carbons (Fsp3) is 0.333. The van der Waals surface area contributed by atoms with E-state index in [1.54, 1.807) is 4.68 Å². The summed E-state index contributed by atoms with van der Waals surface area (Å²) in [6.45, 7) is 2.66. The molecule has 2 heterocycles. The van der Waals surface area contributed by atoms with Crippen molar-refractivity contribution >= 4 is 22.4 Å². The number of nitrogen functional groups attached to an aromatic ring is 1. The summed E-state index contributed by atoms with van der Waals surface area (Å²) in [4.78, 5) is 0. The quantitative estimate of drug-likeness (QED) is 0.824. The van der Waals surface area contributed by atoms with Crippen molar-refractivity contribution in [2.24, 2.45) is 7.05 Å². The van der Waals surface area contributed by atoms with Crippen LogP contribution in [0.25, 0.3) is 0 Å². The standard InChI is InChI=1S/C9H13N5S/c1-6-8(10)13-15-9(6)11-5-7-3-4-14(2)12-7/h3-4,11H,5H2,1-2H3,(H2,10,13).